The molecule has 0 atom stereocenters. The van der Waals surface area contributed by atoms with E-state index in [2.05, 4.69) is 59.5 Å². The highest BCUT2D eigenvalue weighted by atomic mass is 16.5. The number of guanidine groups is 1. The van der Waals surface area contributed by atoms with Crippen LogP contribution in [0, 0.1) is 6.92 Å². The number of likely N-dealkylation sites (N-methyl/N-ethyl adjacent to an activating group) is 1. The molecule has 0 aliphatic carbocycles. The van der Waals surface area contributed by atoms with Gasteiger partial charge < -0.3 is 29.9 Å². The number of nitrogens with zero attached hydrogens (tertiary/aromatic N) is 3. The van der Waals surface area contributed by atoms with E-state index >= 15 is 0 Å². The van der Waals surface area contributed by atoms with Gasteiger partial charge in [-0.05, 0) is 51.9 Å². The Kier molecular flexibility index (Phi) is 12.3. The van der Waals surface area contributed by atoms with Crippen molar-refractivity contribution in [3.63, 3.8) is 0 Å². The van der Waals surface area contributed by atoms with Crippen molar-refractivity contribution in [3.05, 3.63) is 29.3 Å². The number of nitrogens with one attached hydrogen (secondary N) is 2. The minimum atomic E-state index is 0.594. The third kappa shape index (κ3) is 10.4. The second kappa shape index (κ2) is 15.1. The summed E-state index contributed by atoms with van der Waals surface area (Å²) < 4.78 is 11.1. The monoisotopic (exact) mass is 433 g/mol. The number of hydrogen-bond acceptors (Lipinski definition) is 5. The summed E-state index contributed by atoms with van der Waals surface area (Å²) in [5, 5.41) is 6.84. The molecule has 1 aromatic rings. The second-order valence-electron chi connectivity index (χ2n) is 8.28. The molecular formula is C24H43N5O2. The van der Waals surface area contributed by atoms with E-state index in [1.807, 2.05) is 0 Å². The lowest BCUT2D eigenvalue weighted by atomic mass is 10.1. The van der Waals surface area contributed by atoms with Gasteiger partial charge in [0.25, 0.3) is 0 Å². The van der Waals surface area contributed by atoms with Crippen LogP contribution in [-0.2, 0) is 11.3 Å². The molecule has 0 radical (unpaired) electrons. The van der Waals surface area contributed by atoms with Gasteiger partial charge >= 0.3 is 0 Å². The summed E-state index contributed by atoms with van der Waals surface area (Å²) in [5.74, 6) is 1.79. The number of rotatable bonds is 13. The summed E-state index contributed by atoms with van der Waals surface area (Å²) in [6.07, 6.45) is 3.24. The van der Waals surface area contributed by atoms with Gasteiger partial charge in [-0.1, -0.05) is 12.1 Å². The number of ether oxygens (including phenoxy) is 2. The van der Waals surface area contributed by atoms with Gasteiger partial charge in [0, 0.05) is 65.0 Å². The summed E-state index contributed by atoms with van der Waals surface area (Å²) in [6.45, 7) is 13.9. The van der Waals surface area contributed by atoms with Crippen LogP contribution < -0.4 is 15.4 Å². The molecule has 0 spiro atoms. The largest absolute Gasteiger partial charge is 0.493 e. The Bertz CT molecular complexity index is 645. The molecule has 0 saturated carbocycles. The van der Waals surface area contributed by atoms with Crippen LogP contribution in [0.15, 0.2) is 23.2 Å². The number of piperazine rings is 1. The molecule has 0 bridgehead atoms. The topological polar surface area (TPSA) is 61.4 Å². The van der Waals surface area contributed by atoms with Crippen molar-refractivity contribution in [2.75, 3.05) is 73.2 Å². The lowest BCUT2D eigenvalue weighted by Crippen LogP contribution is -2.44. The Hall–Kier alpha value is -1.83. The molecule has 176 valence electrons. The SMILES string of the molecule is CCNC(=NCc1ccc(C)cc1OCCCOC)NCCCCN1CCN(C)CC1. The highest BCUT2D eigenvalue weighted by Crippen LogP contribution is 2.21. The van der Waals surface area contributed by atoms with Crippen LogP contribution in [0.25, 0.3) is 0 Å². The van der Waals surface area contributed by atoms with Gasteiger partial charge in [0.2, 0.25) is 0 Å². The maximum atomic E-state index is 5.99. The number of aryl methyl sites for hydroxylation is 1. The zero-order chi connectivity index (χ0) is 22.3. The Labute approximate surface area is 189 Å². The Morgan fingerprint density at radius 1 is 1.06 bits per heavy atom. The fourth-order valence-electron chi connectivity index (χ4n) is 3.56. The molecule has 0 unspecified atom stereocenters. The van der Waals surface area contributed by atoms with Crippen LogP contribution in [0.2, 0.25) is 0 Å². The van der Waals surface area contributed by atoms with Gasteiger partial charge in [-0.2, -0.15) is 0 Å². The van der Waals surface area contributed by atoms with Crippen LogP contribution in [0.5, 0.6) is 5.75 Å². The molecule has 2 rings (SSSR count). The summed E-state index contributed by atoms with van der Waals surface area (Å²) in [4.78, 5) is 9.77. The van der Waals surface area contributed by atoms with Gasteiger partial charge in [0.15, 0.2) is 5.96 Å². The predicted molar refractivity (Wildman–Crippen MR) is 129 cm³/mol. The number of benzene rings is 1. The molecule has 1 aliphatic heterocycles. The molecule has 1 fully saturated rings. The van der Waals surface area contributed by atoms with Gasteiger partial charge in [0.05, 0.1) is 13.2 Å². The smallest absolute Gasteiger partial charge is 0.191 e. The van der Waals surface area contributed by atoms with E-state index in [1.54, 1.807) is 7.11 Å². The maximum absolute atomic E-state index is 5.99. The highest BCUT2D eigenvalue weighted by Gasteiger charge is 2.12. The summed E-state index contributed by atoms with van der Waals surface area (Å²) in [6, 6.07) is 6.33. The zero-order valence-electron chi connectivity index (χ0n) is 20.1. The molecule has 0 aromatic heterocycles. The van der Waals surface area contributed by atoms with Crippen molar-refractivity contribution in [3.8, 4) is 5.75 Å². The van der Waals surface area contributed by atoms with E-state index in [4.69, 9.17) is 14.5 Å². The minimum absolute atomic E-state index is 0.594. The van der Waals surface area contributed by atoms with Crippen LogP contribution in [-0.4, -0.2) is 88.9 Å². The average molecular weight is 434 g/mol. The number of methoxy groups -OCH3 is 1. The standard InChI is InChI=1S/C24H43N5O2/c1-5-25-24(26-11-6-7-12-29-15-13-28(3)14-16-29)27-20-22-10-9-21(2)19-23(22)31-18-8-17-30-4/h9-10,19H,5-8,11-18,20H2,1-4H3,(H2,25,26,27). The van der Waals surface area contributed by atoms with Crippen molar-refractivity contribution in [1.29, 1.82) is 0 Å². The normalized spacial score (nSPS) is 15.8. The van der Waals surface area contributed by atoms with Crippen molar-refractivity contribution in [2.45, 2.75) is 39.7 Å². The lowest BCUT2D eigenvalue weighted by molar-refractivity contribution is 0.152. The Morgan fingerprint density at radius 2 is 1.87 bits per heavy atom. The molecule has 0 amide bonds. The van der Waals surface area contributed by atoms with Gasteiger partial charge in [-0.15, -0.1) is 0 Å². The zero-order valence-corrected chi connectivity index (χ0v) is 20.1. The first-order valence-electron chi connectivity index (χ1n) is 11.8. The van der Waals surface area contributed by atoms with Crippen LogP contribution in [0.1, 0.15) is 37.3 Å². The fourth-order valence-corrected chi connectivity index (χ4v) is 3.56. The first kappa shape index (κ1) is 25.4. The Morgan fingerprint density at radius 3 is 2.61 bits per heavy atom. The molecule has 1 aliphatic rings. The average Bonchev–Trinajstić information content (AvgIpc) is 2.77. The van der Waals surface area contributed by atoms with Crippen LogP contribution in [0.4, 0.5) is 0 Å². The highest BCUT2D eigenvalue weighted by molar-refractivity contribution is 5.79. The number of aliphatic imine (C=N–C) groups is 1. The Balaban J connectivity index is 1.78. The quantitative estimate of drug-likeness (QED) is 0.283. The molecule has 1 aromatic carbocycles. The number of hydrogen-bond donors (Lipinski definition) is 2. The van der Waals surface area contributed by atoms with Crippen molar-refractivity contribution >= 4 is 5.96 Å². The van der Waals surface area contributed by atoms with E-state index in [1.165, 1.54) is 44.7 Å². The first-order chi connectivity index (χ1) is 15.1. The van der Waals surface area contributed by atoms with E-state index in [9.17, 15) is 0 Å². The lowest BCUT2D eigenvalue weighted by Gasteiger charge is -2.32. The van der Waals surface area contributed by atoms with Gasteiger partial charge in [-0.3, -0.25) is 0 Å². The van der Waals surface area contributed by atoms with E-state index in [-0.39, 0.29) is 0 Å². The van der Waals surface area contributed by atoms with E-state index < -0.39 is 0 Å². The minimum Gasteiger partial charge on any atom is -0.493 e. The van der Waals surface area contributed by atoms with Crippen molar-refractivity contribution in [2.24, 2.45) is 4.99 Å². The van der Waals surface area contributed by atoms with Gasteiger partial charge in [-0.25, -0.2) is 4.99 Å². The third-order valence-corrected chi connectivity index (χ3v) is 5.51. The molecule has 1 saturated heterocycles. The molecule has 7 nitrogen and oxygen atoms in total. The summed E-state index contributed by atoms with van der Waals surface area (Å²) >= 11 is 0. The van der Waals surface area contributed by atoms with Crippen LogP contribution in [0.3, 0.4) is 0 Å². The predicted octanol–water partition coefficient (Wildman–Crippen LogP) is 2.49. The van der Waals surface area contributed by atoms with E-state index in [0.717, 1.165) is 43.2 Å². The fraction of sp³-hybridized carbons (Fsp3) is 0.708. The molecule has 1 heterocycles. The second-order valence-corrected chi connectivity index (χ2v) is 8.28. The summed E-state index contributed by atoms with van der Waals surface area (Å²) in [5.41, 5.74) is 2.30. The van der Waals surface area contributed by atoms with Crippen molar-refractivity contribution in [1.82, 2.24) is 20.4 Å². The first-order valence-corrected chi connectivity index (χ1v) is 11.8. The summed E-state index contributed by atoms with van der Waals surface area (Å²) in [7, 11) is 3.92. The number of unbranched alkanes of at least 4 members (excludes halogenated alkanes) is 1. The molecule has 7 heteroatoms. The molecular weight excluding hydrogens is 390 g/mol. The van der Waals surface area contributed by atoms with Crippen molar-refractivity contribution < 1.29 is 9.47 Å². The van der Waals surface area contributed by atoms with Crippen LogP contribution >= 0.6 is 0 Å². The maximum Gasteiger partial charge on any atom is 0.191 e. The molecule has 2 N–H and O–H groups in total. The third-order valence-electron chi connectivity index (χ3n) is 5.51. The molecule has 31 heavy (non-hydrogen) atoms. The van der Waals surface area contributed by atoms with Gasteiger partial charge in [0.1, 0.15) is 5.75 Å². The van der Waals surface area contributed by atoms with E-state index in [0.29, 0.717) is 19.8 Å².